The molecule has 74 valence electrons. The second-order valence-electron chi connectivity index (χ2n) is 2.95. The van der Waals surface area contributed by atoms with Crippen LogP contribution in [0.15, 0.2) is 22.6 Å². The Balaban J connectivity index is 2.51. The van der Waals surface area contributed by atoms with Crippen molar-refractivity contribution in [1.82, 2.24) is 4.98 Å². The fourth-order valence-electron chi connectivity index (χ4n) is 1.15. The van der Waals surface area contributed by atoms with E-state index in [1.54, 1.807) is 0 Å². The Kier molecular flexibility index (Phi) is 2.18. The molecule has 4 nitrogen and oxygen atoms in total. The predicted molar refractivity (Wildman–Crippen MR) is 48.0 cm³/mol. The Morgan fingerprint density at radius 3 is 3.07 bits per heavy atom. The molecule has 2 rings (SSSR count). The smallest absolute Gasteiger partial charge is 0.214 e. The number of fused-ring (bicyclic) bond motifs is 1. The highest BCUT2D eigenvalue weighted by atomic mass is 19.1. The molecule has 3 N–H and O–H groups in total. The Morgan fingerprint density at radius 1 is 1.57 bits per heavy atom. The molecule has 14 heavy (non-hydrogen) atoms. The van der Waals surface area contributed by atoms with E-state index in [1.807, 2.05) is 0 Å². The van der Waals surface area contributed by atoms with E-state index >= 15 is 0 Å². The molecule has 1 aromatic carbocycles. The maximum atomic E-state index is 12.8. The second-order valence-corrected chi connectivity index (χ2v) is 2.95. The number of hydrogen-bond donors (Lipinski definition) is 2. The van der Waals surface area contributed by atoms with Crippen LogP contribution >= 0.6 is 0 Å². The second kappa shape index (κ2) is 3.36. The lowest BCUT2D eigenvalue weighted by molar-refractivity contribution is 0.250. The van der Waals surface area contributed by atoms with E-state index in [9.17, 15) is 4.39 Å². The van der Waals surface area contributed by atoms with Gasteiger partial charge in [-0.25, -0.2) is 9.37 Å². The Hall–Kier alpha value is -1.46. The third-order valence-corrected chi connectivity index (χ3v) is 1.88. The molecule has 1 aromatic heterocycles. The van der Waals surface area contributed by atoms with Crippen LogP contribution in [0.2, 0.25) is 0 Å². The molecule has 2 aromatic rings. The quantitative estimate of drug-likeness (QED) is 0.750. The molecule has 0 radical (unpaired) electrons. The van der Waals surface area contributed by atoms with Crippen molar-refractivity contribution in [1.29, 1.82) is 0 Å². The van der Waals surface area contributed by atoms with E-state index in [-0.39, 0.29) is 12.5 Å². The van der Waals surface area contributed by atoms with Crippen molar-refractivity contribution < 1.29 is 13.9 Å². The minimum absolute atomic E-state index is 0.216. The fourth-order valence-corrected chi connectivity index (χ4v) is 1.15. The average Bonchev–Trinajstić information content (AvgIpc) is 2.59. The monoisotopic (exact) mass is 196 g/mol. The highest BCUT2D eigenvalue weighted by Gasteiger charge is 2.12. The number of nitrogens with zero attached hydrogens (tertiary/aromatic N) is 1. The molecule has 0 aliphatic carbocycles. The van der Waals surface area contributed by atoms with Gasteiger partial charge in [0.2, 0.25) is 5.89 Å². The molecule has 0 amide bonds. The fraction of sp³-hybridized carbons (Fsp3) is 0.222. The molecule has 0 spiro atoms. The van der Waals surface area contributed by atoms with Gasteiger partial charge in [0.1, 0.15) is 17.4 Å². The number of oxazole rings is 1. The number of aliphatic hydroxyl groups is 1. The van der Waals surface area contributed by atoms with Gasteiger partial charge in [0.05, 0.1) is 6.61 Å². The van der Waals surface area contributed by atoms with Gasteiger partial charge in [0.15, 0.2) is 5.58 Å². The Bertz CT molecular complexity index is 455. The Morgan fingerprint density at radius 2 is 2.36 bits per heavy atom. The minimum Gasteiger partial charge on any atom is -0.439 e. The molecule has 0 saturated carbocycles. The number of benzene rings is 1. The topological polar surface area (TPSA) is 72.3 Å². The van der Waals surface area contributed by atoms with Gasteiger partial charge in [-0.2, -0.15) is 0 Å². The molecule has 1 unspecified atom stereocenters. The molecule has 0 bridgehead atoms. The summed E-state index contributed by atoms with van der Waals surface area (Å²) in [6.07, 6.45) is 0. The van der Waals surface area contributed by atoms with Crippen LogP contribution in [0.1, 0.15) is 11.9 Å². The Labute approximate surface area is 79.2 Å². The van der Waals surface area contributed by atoms with Crippen LogP contribution in [0.4, 0.5) is 4.39 Å². The first kappa shape index (κ1) is 9.11. The summed E-state index contributed by atoms with van der Waals surface area (Å²) >= 11 is 0. The van der Waals surface area contributed by atoms with E-state index in [4.69, 9.17) is 15.3 Å². The van der Waals surface area contributed by atoms with Gasteiger partial charge in [0.25, 0.3) is 0 Å². The first-order valence-electron chi connectivity index (χ1n) is 4.13. The van der Waals surface area contributed by atoms with Gasteiger partial charge in [-0.1, -0.05) is 0 Å². The van der Waals surface area contributed by atoms with Crippen LogP contribution < -0.4 is 5.73 Å². The zero-order chi connectivity index (χ0) is 10.1. The number of nitrogens with two attached hydrogens (primary N) is 1. The van der Waals surface area contributed by atoms with E-state index in [1.165, 1.54) is 18.2 Å². The van der Waals surface area contributed by atoms with Gasteiger partial charge in [0, 0.05) is 6.07 Å². The number of halogens is 1. The zero-order valence-electron chi connectivity index (χ0n) is 7.27. The van der Waals surface area contributed by atoms with Gasteiger partial charge in [-0.15, -0.1) is 0 Å². The van der Waals surface area contributed by atoms with Crippen molar-refractivity contribution in [3.63, 3.8) is 0 Å². The summed E-state index contributed by atoms with van der Waals surface area (Å²) in [6, 6.07) is 3.36. The van der Waals surface area contributed by atoms with E-state index in [2.05, 4.69) is 4.98 Å². The molecule has 1 heterocycles. The molecular formula is C9H9FN2O2. The lowest BCUT2D eigenvalue weighted by atomic mass is 10.3. The third kappa shape index (κ3) is 1.47. The van der Waals surface area contributed by atoms with Crippen molar-refractivity contribution >= 4 is 11.1 Å². The molecule has 0 saturated heterocycles. The molecule has 0 aliphatic heterocycles. The summed E-state index contributed by atoms with van der Waals surface area (Å²) in [5.41, 5.74) is 6.37. The van der Waals surface area contributed by atoms with E-state index in [0.29, 0.717) is 11.1 Å². The van der Waals surface area contributed by atoms with Crippen molar-refractivity contribution in [2.75, 3.05) is 6.61 Å². The maximum Gasteiger partial charge on any atom is 0.214 e. The van der Waals surface area contributed by atoms with E-state index < -0.39 is 11.9 Å². The predicted octanol–water partition coefficient (Wildman–Crippen LogP) is 0.959. The van der Waals surface area contributed by atoms with Crippen molar-refractivity contribution in [2.24, 2.45) is 5.73 Å². The highest BCUT2D eigenvalue weighted by molar-refractivity contribution is 5.72. The van der Waals surface area contributed by atoms with Gasteiger partial charge in [-0.3, -0.25) is 0 Å². The molecule has 5 heteroatoms. The maximum absolute atomic E-state index is 12.8. The summed E-state index contributed by atoms with van der Waals surface area (Å²) in [5.74, 6) is -0.175. The molecule has 0 aliphatic rings. The molecule has 0 fully saturated rings. The van der Waals surface area contributed by atoms with Crippen molar-refractivity contribution in [3.8, 4) is 0 Å². The van der Waals surface area contributed by atoms with Gasteiger partial charge < -0.3 is 15.3 Å². The van der Waals surface area contributed by atoms with E-state index in [0.717, 1.165) is 0 Å². The lowest BCUT2D eigenvalue weighted by Crippen LogP contribution is -2.14. The molecule has 1 atom stereocenters. The van der Waals surface area contributed by atoms with Crippen LogP contribution in [0.25, 0.3) is 11.1 Å². The number of aliphatic hydroxyl groups excluding tert-OH is 1. The largest absolute Gasteiger partial charge is 0.439 e. The summed E-state index contributed by atoms with van der Waals surface area (Å²) < 4.78 is 17.9. The van der Waals surface area contributed by atoms with Gasteiger partial charge >= 0.3 is 0 Å². The SMILES string of the molecule is NC(CO)c1nc2ccc(F)cc2o1. The van der Waals surface area contributed by atoms with Crippen LogP contribution in [0.3, 0.4) is 0 Å². The summed E-state index contributed by atoms with van der Waals surface area (Å²) in [7, 11) is 0. The van der Waals surface area contributed by atoms with Gasteiger partial charge in [-0.05, 0) is 12.1 Å². The first-order valence-corrected chi connectivity index (χ1v) is 4.13. The summed E-state index contributed by atoms with van der Waals surface area (Å²) in [5, 5.41) is 8.77. The minimum atomic E-state index is -0.662. The summed E-state index contributed by atoms with van der Waals surface area (Å²) in [4.78, 5) is 4.01. The number of hydrogen-bond acceptors (Lipinski definition) is 4. The number of rotatable bonds is 2. The van der Waals surface area contributed by atoms with Crippen molar-refractivity contribution in [2.45, 2.75) is 6.04 Å². The van der Waals surface area contributed by atoms with Crippen LogP contribution in [0, 0.1) is 5.82 Å². The third-order valence-electron chi connectivity index (χ3n) is 1.88. The summed E-state index contributed by atoms with van der Waals surface area (Å²) in [6.45, 7) is -0.255. The average molecular weight is 196 g/mol. The standard InChI is InChI=1S/C9H9FN2O2/c10-5-1-2-7-8(3-5)14-9(12-7)6(11)4-13/h1-3,6,13H,4,11H2. The molecular weight excluding hydrogens is 187 g/mol. The normalized spacial score (nSPS) is 13.4. The van der Waals surface area contributed by atoms with Crippen LogP contribution in [-0.2, 0) is 0 Å². The highest BCUT2D eigenvalue weighted by Crippen LogP contribution is 2.19. The first-order chi connectivity index (χ1) is 6.70. The van der Waals surface area contributed by atoms with Crippen molar-refractivity contribution in [3.05, 3.63) is 29.9 Å². The lowest BCUT2D eigenvalue weighted by Gasteiger charge is -1.99. The van der Waals surface area contributed by atoms with Crippen LogP contribution in [0.5, 0.6) is 0 Å². The number of aromatic nitrogens is 1. The van der Waals surface area contributed by atoms with Crippen LogP contribution in [-0.4, -0.2) is 16.7 Å². The zero-order valence-corrected chi connectivity index (χ0v) is 7.27.